The Kier molecular flexibility index (Phi) is 53.7. The zero-order chi connectivity index (χ0) is 104. The highest BCUT2D eigenvalue weighted by Crippen LogP contribution is 2.23. The van der Waals surface area contributed by atoms with Gasteiger partial charge in [0.05, 0.1) is 24.4 Å². The minimum absolute atomic E-state index is 0.000483. The van der Waals surface area contributed by atoms with Crippen molar-refractivity contribution in [2.24, 2.45) is 53.1 Å². The number of rotatable bonds is 57. The Labute approximate surface area is 805 Å². The van der Waals surface area contributed by atoms with E-state index < -0.39 is 225 Å². The van der Waals surface area contributed by atoms with Crippen molar-refractivity contribution >= 4 is 89.2 Å². The number of benzene rings is 1. The molecule has 1 aromatic carbocycles. The van der Waals surface area contributed by atoms with Crippen LogP contribution in [0.1, 0.15) is 304 Å². The van der Waals surface area contributed by atoms with Gasteiger partial charge in [0.1, 0.15) is 101 Å². The van der Waals surface area contributed by atoms with Crippen LogP contribution in [0.3, 0.4) is 0 Å². The third-order valence-corrected chi connectivity index (χ3v) is 21.2. The average molecular weight is 1910 g/mol. The molecule has 0 aliphatic heterocycles. The number of nitrogens with two attached hydrogens (primary N) is 1. The first kappa shape index (κ1) is 123. The molecule has 37 heteroatoms. The van der Waals surface area contributed by atoms with E-state index in [1.165, 1.54) is 7.11 Å². The van der Waals surface area contributed by atoms with Crippen molar-refractivity contribution in [2.45, 2.75) is 418 Å². The number of carbonyl (C=O) groups excluding carboxylic acids is 15. The first-order valence-corrected chi connectivity index (χ1v) is 48.4. The van der Waals surface area contributed by atoms with E-state index in [1.807, 2.05) is 96.9 Å². The van der Waals surface area contributed by atoms with Crippen molar-refractivity contribution < 1.29 is 100 Å². The first-order chi connectivity index (χ1) is 62.2. The maximum absolute atomic E-state index is 15.3. The van der Waals surface area contributed by atoms with Gasteiger partial charge in [-0.1, -0.05) is 129 Å². The van der Waals surface area contributed by atoms with Crippen LogP contribution in [0, 0.1) is 47.3 Å². The molecule has 6 unspecified atom stereocenters. The fourth-order valence-electron chi connectivity index (χ4n) is 14.1. The molecule has 0 heterocycles. The van der Waals surface area contributed by atoms with Gasteiger partial charge < -0.3 is 114 Å². The molecule has 15 atom stereocenters. The number of nitrogens with one attached hydrogen (secondary N) is 15. The normalized spacial score (nSPS) is 15.5. The van der Waals surface area contributed by atoms with Crippen molar-refractivity contribution in [3.05, 3.63) is 29.8 Å². The van der Waals surface area contributed by atoms with Crippen molar-refractivity contribution in [1.82, 2.24) is 79.8 Å². The molecule has 135 heavy (non-hydrogen) atoms. The second-order valence-corrected chi connectivity index (χ2v) is 43.1. The van der Waals surface area contributed by atoms with Crippen LogP contribution in [0.5, 0.6) is 5.75 Å². The summed E-state index contributed by atoms with van der Waals surface area (Å²) in [5.74, 6) is -11.9. The lowest BCUT2D eigenvalue weighted by atomic mass is 9.95. The Hall–Kier alpha value is -9.65. The van der Waals surface area contributed by atoms with Crippen molar-refractivity contribution in [1.29, 1.82) is 0 Å². The van der Waals surface area contributed by atoms with Crippen molar-refractivity contribution in [2.75, 3.05) is 33.4 Å². The van der Waals surface area contributed by atoms with Crippen LogP contribution in [0.25, 0.3) is 0 Å². The Morgan fingerprint density at radius 3 is 0.970 bits per heavy atom. The molecule has 0 aliphatic rings. The fourth-order valence-corrected chi connectivity index (χ4v) is 14.1. The van der Waals surface area contributed by atoms with Gasteiger partial charge in [0.15, 0.2) is 0 Å². The van der Waals surface area contributed by atoms with E-state index in [4.69, 9.17) is 34.2 Å². The molecule has 0 aromatic heterocycles. The molecular formula is C98H176N16O21. The third-order valence-electron chi connectivity index (χ3n) is 21.2. The molecule has 15 amide bonds. The van der Waals surface area contributed by atoms with Gasteiger partial charge in [0.25, 0.3) is 0 Å². The van der Waals surface area contributed by atoms with E-state index in [9.17, 15) is 47.9 Å². The Bertz CT molecular complexity index is 3900. The average Bonchev–Trinajstić information content (AvgIpc) is 0.836. The second kappa shape index (κ2) is 58.8. The van der Waals surface area contributed by atoms with Crippen LogP contribution in [-0.4, -0.2) is 235 Å². The molecule has 0 radical (unpaired) electrons. The number of methoxy groups -OCH3 is 1. The fraction of sp³-hybridized carbons (Fsp3) is 0.786. The molecule has 0 saturated carbocycles. The summed E-state index contributed by atoms with van der Waals surface area (Å²) in [6.45, 7) is 56.9. The molecular weight excluding hydrogens is 1740 g/mol. The summed E-state index contributed by atoms with van der Waals surface area (Å²) in [5.41, 5.74) is 3.32. The molecule has 0 bridgehead atoms. The minimum Gasteiger partial charge on any atom is -0.488 e. The number of amides is 15. The van der Waals surface area contributed by atoms with Crippen LogP contribution in [0.2, 0.25) is 0 Å². The van der Waals surface area contributed by atoms with Crippen LogP contribution in [0.15, 0.2) is 24.3 Å². The van der Waals surface area contributed by atoms with Gasteiger partial charge in [-0.3, -0.25) is 57.5 Å². The predicted molar refractivity (Wildman–Crippen MR) is 521 cm³/mol. The van der Waals surface area contributed by atoms with Crippen LogP contribution in [-0.2, 0) is 87.6 Å². The van der Waals surface area contributed by atoms with Gasteiger partial charge in [0, 0.05) is 33.2 Å². The lowest BCUT2D eigenvalue weighted by molar-refractivity contribution is -0.138. The molecule has 1 aromatic rings. The summed E-state index contributed by atoms with van der Waals surface area (Å²) in [6.07, 6.45) is -1.49. The Morgan fingerprint density at radius 1 is 0.326 bits per heavy atom. The number of ether oxygens (including phenoxy) is 6. The Morgan fingerprint density at radius 2 is 0.622 bits per heavy atom. The molecule has 0 aliphatic carbocycles. The minimum atomic E-state index is -1.44. The molecule has 0 fully saturated rings. The van der Waals surface area contributed by atoms with Gasteiger partial charge in [-0.25, -0.2) is 14.4 Å². The largest absolute Gasteiger partial charge is 0.488 e. The van der Waals surface area contributed by atoms with Crippen LogP contribution in [0.4, 0.5) is 14.4 Å². The number of carbonyl (C=O) groups is 15. The van der Waals surface area contributed by atoms with Crippen LogP contribution < -0.4 is 90.2 Å². The van der Waals surface area contributed by atoms with Gasteiger partial charge in [-0.05, 0) is 246 Å². The molecule has 37 nitrogen and oxygen atoms in total. The van der Waals surface area contributed by atoms with Gasteiger partial charge >= 0.3 is 18.3 Å². The lowest BCUT2D eigenvalue weighted by Gasteiger charge is -2.32. The van der Waals surface area contributed by atoms with E-state index in [1.54, 1.807) is 149 Å². The van der Waals surface area contributed by atoms with E-state index in [2.05, 4.69) is 79.8 Å². The second-order valence-electron chi connectivity index (χ2n) is 43.1. The number of hydrogen-bond acceptors (Lipinski definition) is 22. The maximum Gasteiger partial charge on any atom is 0.407 e. The van der Waals surface area contributed by atoms with Crippen molar-refractivity contribution in [3.63, 3.8) is 0 Å². The van der Waals surface area contributed by atoms with Crippen molar-refractivity contribution in [3.8, 4) is 5.75 Å². The monoisotopic (exact) mass is 1910 g/mol. The molecule has 17 N–H and O–H groups in total. The summed E-state index contributed by atoms with van der Waals surface area (Å²) in [5, 5.41) is 42.2. The van der Waals surface area contributed by atoms with Gasteiger partial charge in [-0.2, -0.15) is 0 Å². The third kappa shape index (κ3) is 51.9. The molecule has 0 spiro atoms. The highest BCUT2D eigenvalue weighted by atomic mass is 16.6. The first-order valence-electron chi connectivity index (χ1n) is 48.4. The summed E-state index contributed by atoms with van der Waals surface area (Å²) in [6, 6.07) is -9.39. The maximum atomic E-state index is 15.3. The highest BCUT2D eigenvalue weighted by Gasteiger charge is 2.41. The van der Waals surface area contributed by atoms with E-state index in [0.717, 1.165) is 0 Å². The predicted octanol–water partition coefficient (Wildman–Crippen LogP) is 8.90. The smallest absolute Gasteiger partial charge is 0.407 e. The quantitative estimate of drug-likeness (QED) is 0.0214. The van der Waals surface area contributed by atoms with E-state index in [0.29, 0.717) is 17.7 Å². The zero-order valence-corrected chi connectivity index (χ0v) is 87.7. The Balaban J connectivity index is 4.08. The summed E-state index contributed by atoms with van der Waals surface area (Å²) >= 11 is 0. The SMILES string of the molecule is CC[C@H](C)[C@H](NC(=O)[C@@H](CCCNC(=O)OC(C)(C)C)NC(=O)[C@H](CC(C)C)NC(=O)C(N)C(C)OC(C)(C)C)C(=O)NC(C(=O)N[C@H](C(=O)N[C@H](CCCCNC(=O)OC(C)(C)C)C(=O)N[C@H](C(=O)NC(CC(C)C)C(=O)N[C@@H](CCCCNC(=O)OC(C)(C)C)C(=O)N[C@H](Cc1ccc(OC(C)(C)C)cc1)C(=O)NC(CC(C)C)C(=O)NC(COC)C(C)C)C(C)C)C(C)C)C(C)C. The van der Waals surface area contributed by atoms with E-state index in [-0.39, 0.29) is 127 Å². The number of hydrogen-bond donors (Lipinski definition) is 16. The topological polar surface area (TPSA) is 518 Å². The summed E-state index contributed by atoms with van der Waals surface area (Å²) in [4.78, 5) is 216. The standard InChI is InChI=1S/C98H176N16O21/c1-34-62(16)78(114-81(117)68(42-39-49-102-93(129)135-98(30,31)32)104-82(118)70(51-56(4)5)108-86(122)74(99)63(17)131-94(18,19)20)90(126)113-77(61(14)15)89(125)112-76(60(12)13)87(123)105-67(41-36-38-48-101-92(128)134-97(27,28)29)80(116)111-75(59(10)11)88(124)109-71(52-57(6)7)83(119)103-66(40-35-37-47-100-91(127)133-96(24,25)26)79(115)107-72(53-64-43-45-65(46-44-64)132-95(21,22)23)85(121)106-69(50-55(2)3)84(120)110-73(54-130-33)58(8)9/h43-46,55-63,66-78H,34-42,47-54,99H2,1-33H3,(H,100,127)(H,101,128)(H,102,129)(H,103,119)(H,104,118)(H,105,123)(H,106,121)(H,107,115)(H,108,122)(H,109,124)(H,110,120)(H,111,116)(H,112,125)(H,113,126)(H,114,117)/t62-,63?,66-,67+,68+,69?,70-,71?,72+,73?,74?,75-,76-,77?,78-/m0/s1. The highest BCUT2D eigenvalue weighted by molar-refractivity contribution is 6.00. The van der Waals surface area contributed by atoms with Crippen LogP contribution >= 0.6 is 0 Å². The molecule has 774 valence electrons. The summed E-state index contributed by atoms with van der Waals surface area (Å²) in [7, 11) is 1.52. The zero-order valence-electron chi connectivity index (χ0n) is 87.7. The number of alkyl carbamates (subject to hydrolysis) is 3. The van der Waals surface area contributed by atoms with Gasteiger partial charge in [0.2, 0.25) is 70.9 Å². The number of unbranched alkanes of at least 4 members (excludes halogenated alkanes) is 2. The molecule has 0 saturated heterocycles. The lowest BCUT2D eigenvalue weighted by Crippen LogP contribution is -2.63. The van der Waals surface area contributed by atoms with E-state index >= 15 is 24.0 Å². The van der Waals surface area contributed by atoms with Gasteiger partial charge in [-0.15, -0.1) is 0 Å². The summed E-state index contributed by atoms with van der Waals surface area (Å²) < 4.78 is 33.7. The molecule has 1 rings (SSSR count).